The minimum absolute atomic E-state index is 0.227. The normalized spacial score (nSPS) is 18.2. The Kier molecular flexibility index (Phi) is 7.20. The molecule has 2 atom stereocenters. The maximum atomic E-state index is 13.7. The van der Waals surface area contributed by atoms with E-state index in [0.717, 1.165) is 5.56 Å². The number of hydrogen-bond acceptors (Lipinski definition) is 6. The lowest BCUT2D eigenvalue weighted by Gasteiger charge is -2.29. The van der Waals surface area contributed by atoms with Crippen LogP contribution in [0.25, 0.3) is 0 Å². The number of carbonyl (C=O) groups excluding carboxylic acids is 2. The molecule has 1 heterocycles. The lowest BCUT2D eigenvalue weighted by atomic mass is 10.1. The van der Waals surface area contributed by atoms with Gasteiger partial charge in [-0.15, -0.1) is 11.8 Å². The van der Waals surface area contributed by atoms with E-state index in [1.54, 1.807) is 30.3 Å². The molecule has 0 N–H and O–H groups in total. The SMILES string of the molecule is CCCOC(=O)C1CSC(c2ccc(F)cc2)N1C(=O)c1c(OC)cccc1OC. The summed E-state index contributed by atoms with van der Waals surface area (Å²) in [6.07, 6.45) is 0.682. The van der Waals surface area contributed by atoms with Crippen molar-refractivity contribution in [3.05, 3.63) is 59.4 Å². The molecule has 0 aromatic heterocycles. The van der Waals surface area contributed by atoms with E-state index in [0.29, 0.717) is 23.7 Å². The van der Waals surface area contributed by atoms with E-state index in [4.69, 9.17) is 14.2 Å². The molecule has 0 bridgehead atoms. The average molecular weight is 434 g/mol. The van der Waals surface area contributed by atoms with E-state index in [1.807, 2.05) is 6.92 Å². The fourth-order valence-corrected chi connectivity index (χ4v) is 4.72. The molecule has 0 saturated carbocycles. The molecule has 1 fully saturated rings. The van der Waals surface area contributed by atoms with Crippen LogP contribution in [0.5, 0.6) is 11.5 Å². The predicted molar refractivity (Wildman–Crippen MR) is 112 cm³/mol. The van der Waals surface area contributed by atoms with Crippen LogP contribution in [0.3, 0.4) is 0 Å². The Balaban J connectivity index is 2.04. The zero-order chi connectivity index (χ0) is 21.7. The Hall–Kier alpha value is -2.74. The number of carbonyl (C=O) groups is 2. The van der Waals surface area contributed by atoms with Crippen LogP contribution in [0.1, 0.15) is 34.6 Å². The highest BCUT2D eigenvalue weighted by Gasteiger charge is 2.44. The number of methoxy groups -OCH3 is 2. The van der Waals surface area contributed by atoms with Gasteiger partial charge in [0.25, 0.3) is 5.91 Å². The first-order chi connectivity index (χ1) is 14.5. The Bertz CT molecular complexity index is 883. The maximum Gasteiger partial charge on any atom is 0.329 e. The second kappa shape index (κ2) is 9.84. The van der Waals surface area contributed by atoms with Crippen LogP contribution >= 0.6 is 11.8 Å². The number of halogens is 1. The zero-order valence-corrected chi connectivity index (χ0v) is 17.9. The summed E-state index contributed by atoms with van der Waals surface area (Å²) in [6, 6.07) is 10.2. The molecule has 1 saturated heterocycles. The number of ether oxygens (including phenoxy) is 3. The highest BCUT2D eigenvalue weighted by Crippen LogP contribution is 2.44. The Labute approximate surface area is 179 Å². The highest BCUT2D eigenvalue weighted by molar-refractivity contribution is 7.99. The third-order valence-electron chi connectivity index (χ3n) is 4.75. The minimum Gasteiger partial charge on any atom is -0.496 e. The van der Waals surface area contributed by atoms with Crippen LogP contribution in [-0.4, -0.2) is 49.4 Å². The minimum atomic E-state index is -0.779. The first-order valence-electron chi connectivity index (χ1n) is 9.59. The van der Waals surface area contributed by atoms with E-state index in [9.17, 15) is 14.0 Å². The smallest absolute Gasteiger partial charge is 0.329 e. The third-order valence-corrected chi connectivity index (χ3v) is 6.08. The van der Waals surface area contributed by atoms with Gasteiger partial charge in [-0.05, 0) is 36.2 Å². The van der Waals surface area contributed by atoms with Crippen molar-refractivity contribution in [1.29, 1.82) is 0 Å². The van der Waals surface area contributed by atoms with E-state index in [-0.39, 0.29) is 18.0 Å². The quantitative estimate of drug-likeness (QED) is 0.614. The number of hydrogen-bond donors (Lipinski definition) is 0. The molecule has 0 radical (unpaired) electrons. The van der Waals surface area contributed by atoms with Crippen molar-refractivity contribution in [3.63, 3.8) is 0 Å². The van der Waals surface area contributed by atoms with E-state index in [2.05, 4.69) is 0 Å². The fraction of sp³-hybridized carbons (Fsp3) is 0.364. The summed E-state index contributed by atoms with van der Waals surface area (Å²) in [5.41, 5.74) is 0.944. The van der Waals surface area contributed by atoms with Crippen molar-refractivity contribution >= 4 is 23.6 Å². The topological polar surface area (TPSA) is 65.1 Å². The third kappa shape index (κ3) is 4.38. The van der Waals surface area contributed by atoms with Gasteiger partial charge in [-0.2, -0.15) is 0 Å². The van der Waals surface area contributed by atoms with Gasteiger partial charge in [0.05, 0.1) is 20.8 Å². The van der Waals surface area contributed by atoms with Crippen molar-refractivity contribution in [2.24, 2.45) is 0 Å². The zero-order valence-electron chi connectivity index (χ0n) is 17.1. The summed E-state index contributed by atoms with van der Waals surface area (Å²) in [7, 11) is 2.93. The van der Waals surface area contributed by atoms with Gasteiger partial charge in [0.1, 0.15) is 34.3 Å². The first kappa shape index (κ1) is 22.0. The van der Waals surface area contributed by atoms with Crippen LogP contribution in [0.2, 0.25) is 0 Å². The molecule has 3 rings (SSSR count). The lowest BCUT2D eigenvalue weighted by Crippen LogP contribution is -2.44. The first-order valence-corrected chi connectivity index (χ1v) is 10.6. The highest BCUT2D eigenvalue weighted by atomic mass is 32.2. The van der Waals surface area contributed by atoms with Crippen molar-refractivity contribution < 1.29 is 28.2 Å². The number of rotatable bonds is 7. The lowest BCUT2D eigenvalue weighted by molar-refractivity contribution is -0.148. The molecule has 30 heavy (non-hydrogen) atoms. The summed E-state index contributed by atoms with van der Waals surface area (Å²) in [6.45, 7) is 2.18. The largest absolute Gasteiger partial charge is 0.496 e. The monoisotopic (exact) mass is 433 g/mol. The van der Waals surface area contributed by atoms with Gasteiger partial charge in [0.15, 0.2) is 0 Å². The second-order valence-corrected chi connectivity index (χ2v) is 7.78. The molecular formula is C22H24FNO5S. The predicted octanol–water partition coefficient (Wildman–Crippen LogP) is 4.05. The molecule has 0 spiro atoms. The molecule has 2 aromatic carbocycles. The molecule has 160 valence electrons. The molecule has 1 aliphatic heterocycles. The fourth-order valence-electron chi connectivity index (χ4n) is 3.31. The molecule has 2 unspecified atom stereocenters. The molecule has 2 aromatic rings. The maximum absolute atomic E-state index is 13.7. The summed E-state index contributed by atoms with van der Waals surface area (Å²) < 4.78 is 29.6. The van der Waals surface area contributed by atoms with Crippen LogP contribution in [0.4, 0.5) is 4.39 Å². The molecule has 1 amide bonds. The van der Waals surface area contributed by atoms with Crippen LogP contribution in [-0.2, 0) is 9.53 Å². The standard InChI is InChI=1S/C22H24FNO5S/c1-4-12-29-22(26)16-13-30-21(14-8-10-15(23)11-9-14)24(16)20(25)19-17(27-2)6-5-7-18(19)28-3/h5-11,16,21H,4,12-13H2,1-3H3. The molecule has 0 aliphatic carbocycles. The van der Waals surface area contributed by atoms with Gasteiger partial charge in [-0.3, -0.25) is 4.79 Å². The average Bonchev–Trinajstić information content (AvgIpc) is 3.22. The van der Waals surface area contributed by atoms with E-state index < -0.39 is 23.3 Å². The summed E-state index contributed by atoms with van der Waals surface area (Å²) in [5.74, 6) is -0.193. The van der Waals surface area contributed by atoms with Crippen molar-refractivity contribution in [1.82, 2.24) is 4.90 Å². The summed E-state index contributed by atoms with van der Waals surface area (Å²) >= 11 is 1.43. The molecule has 6 nitrogen and oxygen atoms in total. The van der Waals surface area contributed by atoms with Gasteiger partial charge >= 0.3 is 5.97 Å². The summed E-state index contributed by atoms with van der Waals surface area (Å²) in [5, 5.41) is -0.480. The molecular weight excluding hydrogens is 409 g/mol. The number of amides is 1. The van der Waals surface area contributed by atoms with Crippen molar-refractivity contribution in [2.45, 2.75) is 24.8 Å². The number of nitrogens with zero attached hydrogens (tertiary/aromatic N) is 1. The van der Waals surface area contributed by atoms with E-state index >= 15 is 0 Å². The second-order valence-electron chi connectivity index (χ2n) is 6.67. The van der Waals surface area contributed by atoms with E-state index in [1.165, 1.54) is 43.0 Å². The van der Waals surface area contributed by atoms with Crippen LogP contribution in [0, 0.1) is 5.82 Å². The Morgan fingerprint density at radius 2 is 1.73 bits per heavy atom. The van der Waals surface area contributed by atoms with Gasteiger partial charge in [0, 0.05) is 5.75 Å². The number of benzene rings is 2. The number of thioether (sulfide) groups is 1. The van der Waals surface area contributed by atoms with Gasteiger partial charge in [-0.1, -0.05) is 25.1 Å². The Morgan fingerprint density at radius 1 is 1.10 bits per heavy atom. The van der Waals surface area contributed by atoms with Gasteiger partial charge < -0.3 is 19.1 Å². The van der Waals surface area contributed by atoms with Crippen LogP contribution in [0.15, 0.2) is 42.5 Å². The Morgan fingerprint density at radius 3 is 2.30 bits per heavy atom. The summed E-state index contributed by atoms with van der Waals surface area (Å²) in [4.78, 5) is 27.9. The van der Waals surface area contributed by atoms with Gasteiger partial charge in [-0.25, -0.2) is 9.18 Å². The van der Waals surface area contributed by atoms with Crippen LogP contribution < -0.4 is 9.47 Å². The molecule has 8 heteroatoms. The van der Waals surface area contributed by atoms with Gasteiger partial charge in [0.2, 0.25) is 0 Å². The van der Waals surface area contributed by atoms with Crippen molar-refractivity contribution in [3.8, 4) is 11.5 Å². The number of esters is 1. The van der Waals surface area contributed by atoms with Crippen molar-refractivity contribution in [2.75, 3.05) is 26.6 Å². The molecule has 1 aliphatic rings.